The SMILES string of the molecule is CNC(=O)N(c1ccc(S(=O)(=O)Nc2ncccn2)cn1)c1cc(F)c(-c2cccc(C(F)(F)F)c2)cc1OC. The standard InChI is InChI=1S/C25H20F4N6O4S/c1-30-24(36)35(22-8-7-17(14-33-22)40(37,38)34-23-31-9-4-10-32-23)20-13-19(26)18(12-21(20)39-2)15-5-3-6-16(11-15)25(27,28)29/h3-14H,1-2H3,(H,30,36)(H,31,32,34). The van der Waals surface area contributed by atoms with E-state index in [0.29, 0.717) is 0 Å². The number of ether oxygens (including phenoxy) is 1. The third-order valence-electron chi connectivity index (χ3n) is 5.48. The number of carbonyl (C=O) groups is 1. The van der Waals surface area contributed by atoms with Crippen molar-refractivity contribution in [1.29, 1.82) is 0 Å². The first-order chi connectivity index (χ1) is 18.9. The lowest BCUT2D eigenvalue weighted by Gasteiger charge is -2.24. The number of amides is 2. The van der Waals surface area contributed by atoms with E-state index in [9.17, 15) is 26.4 Å². The first kappa shape index (κ1) is 28.2. The van der Waals surface area contributed by atoms with E-state index in [1.54, 1.807) is 0 Å². The summed E-state index contributed by atoms with van der Waals surface area (Å²) in [5, 5.41) is 2.38. The van der Waals surface area contributed by atoms with Gasteiger partial charge in [0.2, 0.25) is 5.95 Å². The molecule has 0 unspecified atom stereocenters. The van der Waals surface area contributed by atoms with Crippen molar-refractivity contribution >= 4 is 33.5 Å². The number of sulfonamides is 1. The number of rotatable bonds is 7. The average Bonchev–Trinajstić information content (AvgIpc) is 2.93. The normalized spacial score (nSPS) is 11.6. The number of carbonyl (C=O) groups excluding carboxylic acids is 1. The van der Waals surface area contributed by atoms with E-state index in [-0.39, 0.29) is 39.2 Å². The van der Waals surface area contributed by atoms with E-state index in [1.165, 1.54) is 44.8 Å². The summed E-state index contributed by atoms with van der Waals surface area (Å²) in [5.41, 5.74) is -1.38. The highest BCUT2D eigenvalue weighted by molar-refractivity contribution is 7.92. The van der Waals surface area contributed by atoms with Gasteiger partial charge in [-0.1, -0.05) is 12.1 Å². The van der Waals surface area contributed by atoms with Crippen molar-refractivity contribution in [3.63, 3.8) is 0 Å². The Morgan fingerprint density at radius 3 is 2.33 bits per heavy atom. The quantitative estimate of drug-likeness (QED) is 0.297. The number of hydrogen-bond acceptors (Lipinski definition) is 7. The van der Waals surface area contributed by atoms with Gasteiger partial charge < -0.3 is 10.1 Å². The molecular formula is C25H20F4N6O4S. The molecule has 0 aliphatic heterocycles. The highest BCUT2D eigenvalue weighted by atomic mass is 32.2. The molecule has 208 valence electrons. The first-order valence-electron chi connectivity index (χ1n) is 11.3. The maximum Gasteiger partial charge on any atom is 0.416 e. The third-order valence-corrected chi connectivity index (χ3v) is 6.79. The molecule has 2 aromatic heterocycles. The van der Waals surface area contributed by atoms with Crippen molar-refractivity contribution in [2.45, 2.75) is 11.1 Å². The Morgan fingerprint density at radius 2 is 1.73 bits per heavy atom. The van der Waals surface area contributed by atoms with Crippen molar-refractivity contribution in [2.24, 2.45) is 0 Å². The molecule has 2 aromatic carbocycles. The van der Waals surface area contributed by atoms with Crippen LogP contribution in [0, 0.1) is 5.82 Å². The van der Waals surface area contributed by atoms with Crippen LogP contribution in [-0.2, 0) is 16.2 Å². The van der Waals surface area contributed by atoms with Gasteiger partial charge in [-0.15, -0.1) is 0 Å². The van der Waals surface area contributed by atoms with Crippen LogP contribution in [0.15, 0.2) is 78.1 Å². The summed E-state index contributed by atoms with van der Waals surface area (Å²) in [4.78, 5) is 25.1. The number of anilines is 3. The molecule has 0 saturated carbocycles. The predicted octanol–water partition coefficient (Wildman–Crippen LogP) is 4.98. The Balaban J connectivity index is 1.74. The van der Waals surface area contributed by atoms with Gasteiger partial charge in [0.25, 0.3) is 10.0 Å². The number of aromatic nitrogens is 3. The number of halogens is 4. The van der Waals surface area contributed by atoms with E-state index < -0.39 is 33.6 Å². The summed E-state index contributed by atoms with van der Waals surface area (Å²) < 4.78 is 87.8. The molecule has 2 heterocycles. The largest absolute Gasteiger partial charge is 0.495 e. The Labute approximate surface area is 225 Å². The molecule has 4 aromatic rings. The third kappa shape index (κ3) is 5.93. The number of benzene rings is 2. The molecule has 40 heavy (non-hydrogen) atoms. The van der Waals surface area contributed by atoms with Gasteiger partial charge in [0.1, 0.15) is 22.3 Å². The zero-order valence-corrected chi connectivity index (χ0v) is 21.6. The average molecular weight is 577 g/mol. The van der Waals surface area contributed by atoms with Crippen LogP contribution in [0.1, 0.15) is 5.56 Å². The maximum atomic E-state index is 15.3. The van der Waals surface area contributed by atoms with Crippen LogP contribution in [0.5, 0.6) is 5.75 Å². The van der Waals surface area contributed by atoms with Crippen LogP contribution in [0.25, 0.3) is 11.1 Å². The van der Waals surface area contributed by atoms with Crippen LogP contribution < -0.4 is 19.7 Å². The molecule has 10 nitrogen and oxygen atoms in total. The number of hydrogen-bond donors (Lipinski definition) is 2. The summed E-state index contributed by atoms with van der Waals surface area (Å²) in [7, 11) is -1.60. The Hall–Kier alpha value is -4.79. The minimum absolute atomic E-state index is 0.0637. The van der Waals surface area contributed by atoms with Gasteiger partial charge in [-0.05, 0) is 42.0 Å². The number of alkyl halides is 3. The molecule has 2 N–H and O–H groups in total. The second-order valence-corrected chi connectivity index (χ2v) is 9.69. The van der Waals surface area contributed by atoms with Gasteiger partial charge in [-0.3, -0.25) is 0 Å². The first-order valence-corrected chi connectivity index (χ1v) is 12.8. The molecule has 0 fully saturated rings. The minimum Gasteiger partial charge on any atom is -0.495 e. The highest BCUT2D eigenvalue weighted by Crippen LogP contribution is 2.40. The fourth-order valence-corrected chi connectivity index (χ4v) is 4.51. The van der Waals surface area contributed by atoms with Crippen LogP contribution in [0.2, 0.25) is 0 Å². The smallest absolute Gasteiger partial charge is 0.416 e. The van der Waals surface area contributed by atoms with Crippen LogP contribution in [0.4, 0.5) is 39.8 Å². The van der Waals surface area contributed by atoms with E-state index in [2.05, 4.69) is 25.0 Å². The zero-order valence-electron chi connectivity index (χ0n) is 20.8. The number of urea groups is 1. The Morgan fingerprint density at radius 1 is 1.00 bits per heavy atom. The number of nitrogens with zero attached hydrogens (tertiary/aromatic N) is 4. The molecule has 15 heteroatoms. The lowest BCUT2D eigenvalue weighted by molar-refractivity contribution is -0.137. The molecule has 0 spiro atoms. The molecule has 0 saturated heterocycles. The second kappa shape index (κ2) is 11.1. The van der Waals surface area contributed by atoms with Crippen molar-refractivity contribution in [3.8, 4) is 16.9 Å². The second-order valence-electron chi connectivity index (χ2n) is 8.00. The topological polar surface area (TPSA) is 126 Å². The summed E-state index contributed by atoms with van der Waals surface area (Å²) in [6.07, 6.45) is -0.978. The van der Waals surface area contributed by atoms with E-state index in [0.717, 1.165) is 47.5 Å². The molecular weight excluding hydrogens is 556 g/mol. The number of methoxy groups -OCH3 is 1. The van der Waals surface area contributed by atoms with Crippen molar-refractivity contribution in [3.05, 3.63) is 84.6 Å². The molecule has 0 aliphatic carbocycles. The zero-order chi connectivity index (χ0) is 29.1. The predicted molar refractivity (Wildman–Crippen MR) is 137 cm³/mol. The summed E-state index contributed by atoms with van der Waals surface area (Å²) >= 11 is 0. The van der Waals surface area contributed by atoms with Crippen LogP contribution in [-0.4, -0.2) is 43.6 Å². The maximum absolute atomic E-state index is 15.3. The number of nitrogens with one attached hydrogen (secondary N) is 2. The van der Waals surface area contributed by atoms with Gasteiger partial charge in [0.05, 0.1) is 18.4 Å². The van der Waals surface area contributed by atoms with E-state index in [1.807, 2.05) is 0 Å². The Kier molecular flexibility index (Phi) is 7.86. The highest BCUT2D eigenvalue weighted by Gasteiger charge is 2.31. The summed E-state index contributed by atoms with van der Waals surface area (Å²) in [5.74, 6) is -1.30. The van der Waals surface area contributed by atoms with Gasteiger partial charge in [0, 0.05) is 37.3 Å². The van der Waals surface area contributed by atoms with Crippen molar-refractivity contribution in [1.82, 2.24) is 20.3 Å². The fraction of sp³-hybridized carbons (Fsp3) is 0.120. The molecule has 0 radical (unpaired) electrons. The van der Waals surface area contributed by atoms with Crippen molar-refractivity contribution in [2.75, 3.05) is 23.8 Å². The van der Waals surface area contributed by atoms with E-state index in [4.69, 9.17) is 4.74 Å². The van der Waals surface area contributed by atoms with Gasteiger partial charge in [0.15, 0.2) is 0 Å². The fourth-order valence-electron chi connectivity index (χ4n) is 3.61. The lowest BCUT2D eigenvalue weighted by atomic mass is 10.0. The Bertz CT molecular complexity index is 1640. The molecule has 2 amide bonds. The minimum atomic E-state index is -4.64. The van der Waals surface area contributed by atoms with Gasteiger partial charge in [-0.2, -0.15) is 13.2 Å². The molecule has 0 aliphatic rings. The summed E-state index contributed by atoms with van der Waals surface area (Å²) in [6.45, 7) is 0. The number of pyridine rings is 1. The van der Waals surface area contributed by atoms with E-state index >= 15 is 4.39 Å². The molecule has 0 atom stereocenters. The lowest BCUT2D eigenvalue weighted by Crippen LogP contribution is -2.35. The van der Waals surface area contributed by atoms with Gasteiger partial charge in [-0.25, -0.2) is 42.2 Å². The monoisotopic (exact) mass is 576 g/mol. The molecule has 4 rings (SSSR count). The van der Waals surface area contributed by atoms with Gasteiger partial charge >= 0.3 is 12.2 Å². The van der Waals surface area contributed by atoms with Crippen molar-refractivity contribution < 1.29 is 35.5 Å². The van der Waals surface area contributed by atoms with Crippen LogP contribution >= 0.6 is 0 Å². The van der Waals surface area contributed by atoms with Crippen LogP contribution in [0.3, 0.4) is 0 Å². The summed E-state index contributed by atoms with van der Waals surface area (Å²) in [6, 6.07) is 9.24. The molecule has 0 bridgehead atoms.